The Balaban J connectivity index is 5.53. The third-order valence-corrected chi connectivity index (χ3v) is 18.3. The minimum Gasteiger partial charge on any atom is -0.462 e. The summed E-state index contributed by atoms with van der Waals surface area (Å²) in [5.74, 6) is -2.37. The molecule has 17 nitrogen and oxygen atoms in total. The minimum absolute atomic E-state index is 0.0225. The third kappa shape index (κ3) is 81.4. The van der Waals surface area contributed by atoms with E-state index in [4.69, 9.17) is 37.0 Å². The average Bonchev–Trinajstić information content (AvgIpc) is 0.898. The molecule has 0 rings (SSSR count). The topological polar surface area (TPSA) is 237 Å². The maximum absolute atomic E-state index is 13.1. The van der Waals surface area contributed by atoms with Crippen LogP contribution in [0.25, 0.3) is 0 Å². The number of aliphatic hydroxyl groups excluding tert-OH is 1. The van der Waals surface area contributed by atoms with Crippen molar-refractivity contribution in [3.05, 3.63) is 219 Å². The predicted molar refractivity (Wildman–Crippen MR) is 463 cm³/mol. The van der Waals surface area contributed by atoms with E-state index in [1.807, 2.05) is 18.2 Å². The Morgan fingerprint density at radius 1 is 0.250 bits per heavy atom. The molecule has 0 heterocycles. The fraction of sp³-hybridized carbons (Fsp3) is 0.570. The highest BCUT2D eigenvalue weighted by molar-refractivity contribution is 7.47. The smallest absolute Gasteiger partial charge is 0.462 e. The fourth-order valence-corrected chi connectivity index (χ4v) is 11.8. The summed E-state index contributed by atoms with van der Waals surface area (Å²) in [7, 11) is -10.0. The van der Waals surface area contributed by atoms with Gasteiger partial charge in [-0.05, 0) is 180 Å². The largest absolute Gasteiger partial charge is 0.472 e. The minimum atomic E-state index is -5.02. The number of hydrogen-bond donors (Lipinski definition) is 3. The molecule has 112 heavy (non-hydrogen) atoms. The van der Waals surface area contributed by atoms with Crippen LogP contribution >= 0.6 is 15.6 Å². The molecule has 5 unspecified atom stereocenters. The molecule has 630 valence electrons. The van der Waals surface area contributed by atoms with Crippen molar-refractivity contribution in [2.24, 2.45) is 0 Å². The standard InChI is InChI=1S/C93H146O17P2/c1-5-9-13-17-21-25-29-33-37-40-43-46-50-53-57-61-65-69-73-77-90(95)103-83-88(109-92(97)79-75-71-67-63-59-55-49-36-32-28-24-20-16-12-8-4)85-107-111(99,100)105-81-87(94)82-106-112(101,102)108-86-89(110-93(98)80-76-72-68-64-60-56-52-48-45-42-39-35-31-27-23-19-15-11-7-3)84-104-91(96)78-74-70-66-62-58-54-51-47-44-41-38-34-30-26-22-18-14-10-6-2/h9-16,21-28,33-39,43-49,54,58-59,63,66,70,87-89,94H,5-8,17-20,29-32,40-42,50-53,55-57,60-62,64-65,67-69,71-86H2,1-4H3,(H,99,100)(H,101,102)/b13-9-,14-10-,15-11-,16-12-,25-21-,26-22-,27-23-,28-24-,37-33-,38-34-,39-35-,46-43-,47-44-,48-45-,49-36-,58-54-,63-59-,70-66-. The Hall–Kier alpha value is -6.62. The van der Waals surface area contributed by atoms with Gasteiger partial charge in [-0.2, -0.15) is 0 Å². The maximum Gasteiger partial charge on any atom is 0.472 e. The van der Waals surface area contributed by atoms with Crippen molar-refractivity contribution >= 4 is 39.5 Å². The van der Waals surface area contributed by atoms with Crippen LogP contribution in [0.3, 0.4) is 0 Å². The summed E-state index contributed by atoms with van der Waals surface area (Å²) in [5.41, 5.74) is 0. The number of aliphatic hydroxyl groups is 1. The molecule has 5 atom stereocenters. The zero-order valence-corrected chi connectivity index (χ0v) is 70.8. The first kappa shape index (κ1) is 105. The highest BCUT2D eigenvalue weighted by atomic mass is 31.2. The predicted octanol–water partition coefficient (Wildman–Crippen LogP) is 25.2. The van der Waals surface area contributed by atoms with E-state index in [1.165, 1.54) is 0 Å². The van der Waals surface area contributed by atoms with Crippen LogP contribution in [0.2, 0.25) is 0 Å². The number of hydrogen-bond acceptors (Lipinski definition) is 15. The van der Waals surface area contributed by atoms with Crippen molar-refractivity contribution < 1.29 is 80.2 Å². The SMILES string of the molecule is CC/C=C\C/C=C\C/C=C\C/C=C\C/C=C\C/C=C\CCC(=O)OCC(COP(=O)(O)OCC(O)COP(=O)(O)OCC(COC(=O)CCCCCCCC/C=C\C/C=C\C/C=C\C/C=C\CC)OC(=O)CCCC/C=C\C/C=C\C/C=C\C/C=C\CC)OC(=O)CCCCCCCC/C=C\C/C=C\C/C=C\C/C=C\CC. The van der Waals surface area contributed by atoms with Gasteiger partial charge in [-0.25, -0.2) is 9.13 Å². The van der Waals surface area contributed by atoms with Gasteiger partial charge in [-0.1, -0.05) is 298 Å². The van der Waals surface area contributed by atoms with Crippen LogP contribution in [0, 0.1) is 0 Å². The Morgan fingerprint density at radius 2 is 0.455 bits per heavy atom. The monoisotopic (exact) mass is 1600 g/mol. The van der Waals surface area contributed by atoms with E-state index < -0.39 is 97.5 Å². The molecule has 0 bridgehead atoms. The molecule has 0 aliphatic heterocycles. The summed E-state index contributed by atoms with van der Waals surface area (Å²) in [6, 6.07) is 0. The number of esters is 4. The van der Waals surface area contributed by atoms with Crippen molar-refractivity contribution in [3.8, 4) is 0 Å². The van der Waals surface area contributed by atoms with Crippen molar-refractivity contribution in [2.75, 3.05) is 39.6 Å². The Bertz CT molecular complexity index is 2990. The van der Waals surface area contributed by atoms with Crippen LogP contribution in [0.4, 0.5) is 0 Å². The molecule has 3 N–H and O–H groups in total. The van der Waals surface area contributed by atoms with Crippen LogP contribution in [0.5, 0.6) is 0 Å². The van der Waals surface area contributed by atoms with Crippen LogP contribution in [0.1, 0.15) is 285 Å². The normalized spacial score (nSPS) is 14.9. The quantitative estimate of drug-likeness (QED) is 0.0169. The number of phosphoric ester groups is 2. The van der Waals surface area contributed by atoms with Gasteiger partial charge >= 0.3 is 39.5 Å². The van der Waals surface area contributed by atoms with E-state index in [-0.39, 0.29) is 25.7 Å². The average molecular weight is 1600 g/mol. The second-order valence-electron chi connectivity index (χ2n) is 26.9. The van der Waals surface area contributed by atoms with Gasteiger partial charge in [0.25, 0.3) is 0 Å². The molecule has 0 amide bonds. The molecule has 0 saturated carbocycles. The van der Waals surface area contributed by atoms with Gasteiger partial charge in [-0.3, -0.25) is 37.3 Å². The van der Waals surface area contributed by atoms with Crippen molar-refractivity contribution in [3.63, 3.8) is 0 Å². The van der Waals surface area contributed by atoms with E-state index in [0.717, 1.165) is 193 Å². The van der Waals surface area contributed by atoms with E-state index >= 15 is 0 Å². The summed E-state index contributed by atoms with van der Waals surface area (Å²) >= 11 is 0. The lowest BCUT2D eigenvalue weighted by Crippen LogP contribution is -2.30. The van der Waals surface area contributed by atoms with E-state index in [1.54, 1.807) is 0 Å². The number of rotatable bonds is 76. The molecular weight excluding hydrogens is 1450 g/mol. The Labute approximate surface area is 677 Å². The molecule has 0 aliphatic rings. The number of phosphoric acid groups is 2. The first-order chi connectivity index (χ1) is 54.7. The summed E-state index contributed by atoms with van der Waals surface area (Å²) in [6.45, 7) is 4.23. The van der Waals surface area contributed by atoms with Crippen LogP contribution in [-0.2, 0) is 65.4 Å². The van der Waals surface area contributed by atoms with Gasteiger partial charge in [0.05, 0.1) is 26.4 Å². The number of ether oxygens (including phenoxy) is 4. The highest BCUT2D eigenvalue weighted by Gasteiger charge is 2.30. The van der Waals surface area contributed by atoms with Crippen LogP contribution in [-0.4, -0.2) is 96.7 Å². The number of unbranched alkanes of at least 4 members (excludes halogenated alkanes) is 14. The fourth-order valence-electron chi connectivity index (χ4n) is 10.2. The van der Waals surface area contributed by atoms with Crippen molar-refractivity contribution in [2.45, 2.75) is 303 Å². The summed E-state index contributed by atoms with van der Waals surface area (Å²) in [5, 5.41) is 10.7. The zero-order valence-electron chi connectivity index (χ0n) is 69.0. The lowest BCUT2D eigenvalue weighted by atomic mass is 10.1. The summed E-state index contributed by atoms with van der Waals surface area (Å²) in [6.07, 6.45) is 105. The third-order valence-electron chi connectivity index (χ3n) is 16.4. The summed E-state index contributed by atoms with van der Waals surface area (Å²) in [4.78, 5) is 73.2. The second-order valence-corrected chi connectivity index (χ2v) is 29.8. The van der Waals surface area contributed by atoms with Crippen LogP contribution < -0.4 is 0 Å². The Morgan fingerprint density at radius 3 is 0.741 bits per heavy atom. The molecule has 0 fully saturated rings. The van der Waals surface area contributed by atoms with Gasteiger partial charge in [0, 0.05) is 25.7 Å². The molecule has 0 aromatic heterocycles. The number of allylic oxidation sites excluding steroid dienone is 36. The highest BCUT2D eigenvalue weighted by Crippen LogP contribution is 2.45. The lowest BCUT2D eigenvalue weighted by molar-refractivity contribution is -0.161. The van der Waals surface area contributed by atoms with Gasteiger partial charge < -0.3 is 33.8 Å². The van der Waals surface area contributed by atoms with E-state index in [0.29, 0.717) is 38.5 Å². The van der Waals surface area contributed by atoms with Crippen molar-refractivity contribution in [1.82, 2.24) is 0 Å². The first-order valence-electron chi connectivity index (χ1n) is 42.0. The van der Waals surface area contributed by atoms with Gasteiger partial charge in [0.2, 0.25) is 0 Å². The second kappa shape index (κ2) is 82.4. The lowest BCUT2D eigenvalue weighted by Gasteiger charge is -2.21. The first-order valence-corrected chi connectivity index (χ1v) is 45.0. The molecule has 0 aromatic rings. The van der Waals surface area contributed by atoms with Gasteiger partial charge in [0.1, 0.15) is 19.3 Å². The molecule has 0 aliphatic carbocycles. The van der Waals surface area contributed by atoms with Crippen molar-refractivity contribution in [1.29, 1.82) is 0 Å². The number of carbonyl (C=O) groups excluding carboxylic acids is 4. The van der Waals surface area contributed by atoms with E-state index in [9.17, 15) is 43.2 Å². The van der Waals surface area contributed by atoms with Crippen LogP contribution in [0.15, 0.2) is 219 Å². The molecular formula is C93H146O17P2. The maximum atomic E-state index is 13.1. The zero-order chi connectivity index (χ0) is 81.7. The molecule has 0 radical (unpaired) electrons. The van der Waals surface area contributed by atoms with Gasteiger partial charge in [-0.15, -0.1) is 0 Å². The summed E-state index contributed by atoms with van der Waals surface area (Å²) < 4.78 is 68.6. The molecule has 0 aromatic carbocycles. The molecule has 0 spiro atoms. The number of carbonyl (C=O) groups is 4. The molecule has 0 saturated heterocycles. The Kier molecular flexibility index (Phi) is 77.5. The van der Waals surface area contributed by atoms with Gasteiger partial charge in [0.15, 0.2) is 12.2 Å². The molecule has 19 heteroatoms. The van der Waals surface area contributed by atoms with E-state index in [2.05, 4.69) is 228 Å².